The molecular weight excluding hydrogens is 288 g/mol. The summed E-state index contributed by atoms with van der Waals surface area (Å²) in [5.41, 5.74) is 0.724. The monoisotopic (exact) mass is 336 g/mol. The molecule has 0 aromatic rings. The summed E-state index contributed by atoms with van der Waals surface area (Å²) in [4.78, 5) is 0. The summed E-state index contributed by atoms with van der Waals surface area (Å²) in [5, 5.41) is 0. The van der Waals surface area contributed by atoms with E-state index < -0.39 is 0 Å². The van der Waals surface area contributed by atoms with Gasteiger partial charge < -0.3 is 0 Å². The van der Waals surface area contributed by atoms with E-state index in [1.54, 1.807) is 0 Å². The summed E-state index contributed by atoms with van der Waals surface area (Å²) in [6.45, 7) is 9.66. The van der Waals surface area contributed by atoms with Crippen LogP contribution >= 0.6 is 0 Å². The summed E-state index contributed by atoms with van der Waals surface area (Å²) >= 11 is 0. The Morgan fingerprint density at radius 3 is 1.54 bits per heavy atom. The van der Waals surface area contributed by atoms with Gasteiger partial charge in [0.1, 0.15) is 0 Å². The van der Waals surface area contributed by atoms with Crippen LogP contribution in [0.15, 0.2) is 0 Å². The Labute approximate surface area is 154 Å². The summed E-state index contributed by atoms with van der Waals surface area (Å²) < 4.78 is 0. The van der Waals surface area contributed by atoms with Crippen molar-refractivity contribution in [1.82, 2.24) is 0 Å². The maximum absolute atomic E-state index is 2.53. The SMILES string of the molecule is CCCCCCCCC1(CCCCCCCC)CCC(C)C(C)C1. The molecule has 0 spiro atoms. The second-order valence-electron chi connectivity index (χ2n) is 9.23. The Morgan fingerprint density at radius 1 is 0.625 bits per heavy atom. The van der Waals surface area contributed by atoms with E-state index in [-0.39, 0.29) is 0 Å². The summed E-state index contributed by atoms with van der Waals surface area (Å²) in [6.07, 6.45) is 25.1. The van der Waals surface area contributed by atoms with Gasteiger partial charge in [-0.1, -0.05) is 105 Å². The second-order valence-corrected chi connectivity index (χ2v) is 9.23. The lowest BCUT2D eigenvalue weighted by molar-refractivity contribution is 0.0787. The Morgan fingerprint density at radius 2 is 1.08 bits per heavy atom. The van der Waals surface area contributed by atoms with E-state index in [1.165, 1.54) is 109 Å². The molecular formula is C24H48. The Hall–Kier alpha value is 0. The molecule has 0 radical (unpaired) electrons. The van der Waals surface area contributed by atoms with Gasteiger partial charge in [0.15, 0.2) is 0 Å². The van der Waals surface area contributed by atoms with Crippen molar-refractivity contribution < 1.29 is 0 Å². The normalized spacial score (nSPS) is 23.5. The molecule has 0 bridgehead atoms. The third-order valence-corrected chi connectivity index (χ3v) is 6.98. The standard InChI is InChI=1S/C24H48/c1-5-7-9-11-13-15-18-24(19-16-14-12-10-8-6-2)20-17-22(3)23(4)21-24/h22-23H,5-21H2,1-4H3. The topological polar surface area (TPSA) is 0 Å². The molecule has 0 aromatic heterocycles. The third kappa shape index (κ3) is 8.91. The summed E-state index contributed by atoms with van der Waals surface area (Å²) in [5.74, 6) is 1.92. The van der Waals surface area contributed by atoms with Crippen LogP contribution in [0.4, 0.5) is 0 Å². The minimum atomic E-state index is 0.724. The van der Waals surface area contributed by atoms with Crippen LogP contribution in [0, 0.1) is 17.3 Å². The molecule has 1 aliphatic rings. The molecule has 0 N–H and O–H groups in total. The number of hydrogen-bond acceptors (Lipinski definition) is 0. The van der Waals surface area contributed by atoms with Crippen LogP contribution in [0.25, 0.3) is 0 Å². The molecule has 0 aliphatic heterocycles. The van der Waals surface area contributed by atoms with E-state index in [9.17, 15) is 0 Å². The summed E-state index contributed by atoms with van der Waals surface area (Å²) in [7, 11) is 0. The highest BCUT2D eigenvalue weighted by molar-refractivity contribution is 4.87. The van der Waals surface area contributed by atoms with E-state index in [0.717, 1.165) is 17.3 Å². The van der Waals surface area contributed by atoms with Crippen LogP contribution < -0.4 is 0 Å². The molecule has 0 amide bonds. The Balaban J connectivity index is 2.33. The average Bonchev–Trinajstić information content (AvgIpc) is 2.58. The van der Waals surface area contributed by atoms with Gasteiger partial charge >= 0.3 is 0 Å². The Bertz CT molecular complexity index is 264. The van der Waals surface area contributed by atoms with Gasteiger partial charge in [-0.2, -0.15) is 0 Å². The quantitative estimate of drug-likeness (QED) is 0.278. The lowest BCUT2D eigenvalue weighted by atomic mass is 9.62. The van der Waals surface area contributed by atoms with Gasteiger partial charge in [-0.15, -0.1) is 0 Å². The minimum absolute atomic E-state index is 0.724. The van der Waals surface area contributed by atoms with Crippen LogP contribution in [0.1, 0.15) is 137 Å². The zero-order valence-electron chi connectivity index (χ0n) is 17.7. The average molecular weight is 337 g/mol. The highest BCUT2D eigenvalue weighted by Crippen LogP contribution is 2.48. The summed E-state index contributed by atoms with van der Waals surface area (Å²) in [6, 6.07) is 0. The second kappa shape index (κ2) is 13.2. The van der Waals surface area contributed by atoms with E-state index in [2.05, 4.69) is 27.7 Å². The van der Waals surface area contributed by atoms with Gasteiger partial charge in [0.25, 0.3) is 0 Å². The lowest BCUT2D eigenvalue weighted by Crippen LogP contribution is -2.32. The molecule has 0 saturated heterocycles. The molecule has 1 aliphatic carbocycles. The molecule has 0 heteroatoms. The van der Waals surface area contributed by atoms with Gasteiger partial charge in [-0.05, 0) is 49.4 Å². The van der Waals surface area contributed by atoms with Crippen LogP contribution in [0.3, 0.4) is 0 Å². The van der Waals surface area contributed by atoms with Crippen LogP contribution in [0.2, 0.25) is 0 Å². The van der Waals surface area contributed by atoms with Crippen LogP contribution in [-0.4, -0.2) is 0 Å². The molecule has 1 fully saturated rings. The first-order chi connectivity index (χ1) is 11.6. The van der Waals surface area contributed by atoms with Crippen molar-refractivity contribution >= 4 is 0 Å². The van der Waals surface area contributed by atoms with Crippen LogP contribution in [0.5, 0.6) is 0 Å². The molecule has 0 nitrogen and oxygen atoms in total. The van der Waals surface area contributed by atoms with Gasteiger partial charge in [-0.25, -0.2) is 0 Å². The first-order valence-corrected chi connectivity index (χ1v) is 11.6. The smallest absolute Gasteiger partial charge is 0.0295 e. The fourth-order valence-corrected chi connectivity index (χ4v) is 4.94. The molecule has 144 valence electrons. The van der Waals surface area contributed by atoms with Crippen molar-refractivity contribution in [2.45, 2.75) is 137 Å². The first kappa shape index (κ1) is 22.0. The fraction of sp³-hybridized carbons (Fsp3) is 1.00. The van der Waals surface area contributed by atoms with E-state index in [4.69, 9.17) is 0 Å². The van der Waals surface area contributed by atoms with Gasteiger partial charge in [0.2, 0.25) is 0 Å². The van der Waals surface area contributed by atoms with Crippen molar-refractivity contribution in [3.8, 4) is 0 Å². The number of unbranched alkanes of at least 4 members (excludes halogenated alkanes) is 10. The first-order valence-electron chi connectivity index (χ1n) is 11.6. The number of hydrogen-bond donors (Lipinski definition) is 0. The molecule has 0 heterocycles. The van der Waals surface area contributed by atoms with Crippen molar-refractivity contribution in [3.63, 3.8) is 0 Å². The van der Waals surface area contributed by atoms with Crippen molar-refractivity contribution in [1.29, 1.82) is 0 Å². The zero-order valence-corrected chi connectivity index (χ0v) is 17.7. The predicted molar refractivity (Wildman–Crippen MR) is 111 cm³/mol. The molecule has 0 aromatic carbocycles. The van der Waals surface area contributed by atoms with Crippen molar-refractivity contribution in [2.24, 2.45) is 17.3 Å². The van der Waals surface area contributed by atoms with E-state index in [0.29, 0.717) is 0 Å². The minimum Gasteiger partial charge on any atom is -0.0654 e. The maximum Gasteiger partial charge on any atom is -0.0295 e. The molecule has 1 saturated carbocycles. The molecule has 1 rings (SSSR count). The van der Waals surface area contributed by atoms with Crippen LogP contribution in [-0.2, 0) is 0 Å². The number of rotatable bonds is 14. The lowest BCUT2D eigenvalue weighted by Gasteiger charge is -2.43. The molecule has 24 heavy (non-hydrogen) atoms. The Kier molecular flexibility index (Phi) is 12.2. The zero-order chi connectivity index (χ0) is 17.7. The van der Waals surface area contributed by atoms with Crippen molar-refractivity contribution in [3.05, 3.63) is 0 Å². The molecule has 2 unspecified atom stereocenters. The van der Waals surface area contributed by atoms with Gasteiger partial charge in [0, 0.05) is 0 Å². The van der Waals surface area contributed by atoms with E-state index in [1.807, 2.05) is 0 Å². The highest BCUT2D eigenvalue weighted by atomic mass is 14.4. The van der Waals surface area contributed by atoms with Crippen molar-refractivity contribution in [2.75, 3.05) is 0 Å². The third-order valence-electron chi connectivity index (χ3n) is 6.98. The fourth-order valence-electron chi connectivity index (χ4n) is 4.94. The highest BCUT2D eigenvalue weighted by Gasteiger charge is 2.36. The van der Waals surface area contributed by atoms with Gasteiger partial charge in [0.05, 0.1) is 0 Å². The largest absolute Gasteiger partial charge is 0.0654 e. The molecule has 2 atom stereocenters. The van der Waals surface area contributed by atoms with E-state index >= 15 is 0 Å². The maximum atomic E-state index is 2.53. The van der Waals surface area contributed by atoms with Gasteiger partial charge in [-0.3, -0.25) is 0 Å². The predicted octanol–water partition coefficient (Wildman–Crippen LogP) is 8.93.